The zero-order valence-corrected chi connectivity index (χ0v) is 14.8. The van der Waals surface area contributed by atoms with Gasteiger partial charge in [-0.1, -0.05) is 44.7 Å². The van der Waals surface area contributed by atoms with Crippen LogP contribution in [0.2, 0.25) is 0 Å². The van der Waals surface area contributed by atoms with E-state index in [9.17, 15) is 10.2 Å². The molecule has 0 spiro atoms. The van der Waals surface area contributed by atoms with Crippen molar-refractivity contribution in [1.82, 2.24) is 0 Å². The van der Waals surface area contributed by atoms with Crippen LogP contribution >= 0.6 is 0 Å². The molecule has 1 aliphatic carbocycles. The molecule has 128 valence electrons. The second kappa shape index (κ2) is 9.12. The third kappa shape index (κ3) is 5.10. The number of aryl methyl sites for hydroxylation is 2. The maximum absolute atomic E-state index is 10.5. The summed E-state index contributed by atoms with van der Waals surface area (Å²) < 4.78 is 0. The van der Waals surface area contributed by atoms with Crippen molar-refractivity contribution in [1.29, 1.82) is 0 Å². The maximum Gasteiger partial charge on any atom is 0.119 e. The van der Waals surface area contributed by atoms with Gasteiger partial charge in [0.25, 0.3) is 0 Å². The molecule has 1 aromatic rings. The van der Waals surface area contributed by atoms with Gasteiger partial charge in [-0.2, -0.15) is 0 Å². The number of allylic oxidation sites excluding steroid dienone is 1. The minimum absolute atomic E-state index is 0.145. The zero-order valence-electron chi connectivity index (χ0n) is 14.8. The van der Waals surface area contributed by atoms with E-state index in [2.05, 4.69) is 26.0 Å². The van der Waals surface area contributed by atoms with E-state index < -0.39 is 0 Å². The topological polar surface area (TPSA) is 40.5 Å². The van der Waals surface area contributed by atoms with E-state index in [0.717, 1.165) is 36.8 Å². The first-order valence-corrected chi connectivity index (χ1v) is 9.28. The molecule has 0 amide bonds. The minimum atomic E-state index is 0.145. The fourth-order valence-corrected chi connectivity index (χ4v) is 3.77. The van der Waals surface area contributed by atoms with Gasteiger partial charge in [-0.15, -0.1) is 0 Å². The van der Waals surface area contributed by atoms with E-state index in [0.29, 0.717) is 5.75 Å². The maximum atomic E-state index is 10.5. The Morgan fingerprint density at radius 1 is 1.13 bits per heavy atom. The third-order valence-corrected chi connectivity index (χ3v) is 5.02. The highest BCUT2D eigenvalue weighted by atomic mass is 16.3. The lowest BCUT2D eigenvalue weighted by Crippen LogP contribution is -2.07. The van der Waals surface area contributed by atoms with Gasteiger partial charge in [0.2, 0.25) is 0 Å². The van der Waals surface area contributed by atoms with E-state index in [4.69, 9.17) is 0 Å². The molecule has 0 bridgehead atoms. The van der Waals surface area contributed by atoms with Gasteiger partial charge in [-0.05, 0) is 61.8 Å². The second-order valence-electron chi connectivity index (χ2n) is 6.99. The Bertz CT molecular complexity index is 508. The van der Waals surface area contributed by atoms with E-state index in [1.165, 1.54) is 43.2 Å². The molecule has 1 aromatic carbocycles. The highest BCUT2D eigenvalue weighted by Gasteiger charge is 2.20. The molecule has 23 heavy (non-hydrogen) atoms. The third-order valence-electron chi connectivity index (χ3n) is 5.02. The van der Waals surface area contributed by atoms with E-state index in [1.54, 1.807) is 0 Å². The molecule has 1 unspecified atom stereocenters. The molecule has 0 radical (unpaired) electrons. The predicted octanol–water partition coefficient (Wildman–Crippen LogP) is 5.40. The number of aliphatic hydroxyl groups excluding tert-OH is 1. The van der Waals surface area contributed by atoms with E-state index in [1.807, 2.05) is 6.07 Å². The van der Waals surface area contributed by atoms with Crippen molar-refractivity contribution in [3.05, 3.63) is 40.5 Å². The summed E-state index contributed by atoms with van der Waals surface area (Å²) in [5.74, 6) is 0.693. The van der Waals surface area contributed by atoms with E-state index >= 15 is 0 Å². The van der Waals surface area contributed by atoms with Gasteiger partial charge >= 0.3 is 0 Å². The Labute approximate surface area is 141 Å². The summed E-state index contributed by atoms with van der Waals surface area (Å²) in [6.07, 6.45) is 12.8. The molecule has 0 fully saturated rings. The molecule has 0 saturated heterocycles. The van der Waals surface area contributed by atoms with Crippen molar-refractivity contribution in [2.24, 2.45) is 0 Å². The quantitative estimate of drug-likeness (QED) is 0.498. The summed E-state index contributed by atoms with van der Waals surface area (Å²) in [6, 6.07) is 4.21. The Hall–Kier alpha value is -1.28. The van der Waals surface area contributed by atoms with Crippen LogP contribution in [0.3, 0.4) is 0 Å². The Kier molecular flexibility index (Phi) is 7.16. The lowest BCUT2D eigenvalue weighted by molar-refractivity contribution is 0.321. The summed E-state index contributed by atoms with van der Waals surface area (Å²) in [5.41, 5.74) is 4.61. The van der Waals surface area contributed by atoms with Crippen molar-refractivity contribution < 1.29 is 10.2 Å². The average molecular weight is 316 g/mol. The number of hydrogen-bond donors (Lipinski definition) is 2. The van der Waals surface area contributed by atoms with Crippen LogP contribution in [0.25, 0.3) is 0 Å². The van der Waals surface area contributed by atoms with Crippen molar-refractivity contribution in [3.8, 4) is 5.75 Å². The fourth-order valence-electron chi connectivity index (χ4n) is 3.77. The van der Waals surface area contributed by atoms with Crippen molar-refractivity contribution in [3.63, 3.8) is 0 Å². The largest absolute Gasteiger partial charge is 0.508 e. The second-order valence-corrected chi connectivity index (χ2v) is 6.99. The smallest absolute Gasteiger partial charge is 0.119 e. The molecule has 2 N–H and O–H groups in total. The Balaban J connectivity index is 2.05. The molecule has 0 saturated carbocycles. The van der Waals surface area contributed by atoms with E-state index in [-0.39, 0.29) is 12.5 Å². The fraction of sp³-hybridized carbons (Fsp3) is 0.619. The number of benzene rings is 1. The van der Waals surface area contributed by atoms with Gasteiger partial charge < -0.3 is 10.2 Å². The number of phenols is 1. The van der Waals surface area contributed by atoms with Gasteiger partial charge in [0, 0.05) is 11.5 Å². The normalized spacial score (nSPS) is 18.0. The number of aromatic hydroxyl groups is 1. The summed E-state index contributed by atoms with van der Waals surface area (Å²) in [7, 11) is 0. The van der Waals surface area contributed by atoms with Crippen molar-refractivity contribution in [2.45, 2.75) is 77.6 Å². The molecule has 2 heteroatoms. The van der Waals surface area contributed by atoms with Crippen LogP contribution in [0.5, 0.6) is 5.75 Å². The lowest BCUT2D eigenvalue weighted by atomic mass is 9.82. The van der Waals surface area contributed by atoms with Crippen LogP contribution in [0.4, 0.5) is 0 Å². The van der Waals surface area contributed by atoms with Crippen LogP contribution in [0.1, 0.15) is 80.9 Å². The summed E-state index contributed by atoms with van der Waals surface area (Å²) in [5, 5.41) is 19.9. The van der Waals surface area contributed by atoms with Crippen LogP contribution < -0.4 is 0 Å². The number of rotatable bonds is 8. The van der Waals surface area contributed by atoms with Gasteiger partial charge in [0.1, 0.15) is 5.75 Å². The first-order valence-electron chi connectivity index (χ1n) is 9.28. The lowest BCUT2D eigenvalue weighted by Gasteiger charge is -2.23. The highest BCUT2D eigenvalue weighted by molar-refractivity contribution is 5.47. The number of aliphatic hydroxyl groups is 1. The zero-order chi connectivity index (χ0) is 16.7. The van der Waals surface area contributed by atoms with Gasteiger partial charge in [-0.3, -0.25) is 0 Å². The highest BCUT2D eigenvalue weighted by Crippen LogP contribution is 2.38. The van der Waals surface area contributed by atoms with Crippen LogP contribution in [-0.2, 0) is 6.42 Å². The molecule has 0 heterocycles. The standard InChI is InChI=1S/C21H32O2/c1-3-4-5-6-7-9-17-12-16(2)21(20(23)14-17)19-11-8-10-18(13-19)15-22/h12-14,19,22-23H,3-11,15H2,1-2H3. The molecular weight excluding hydrogens is 284 g/mol. The first-order chi connectivity index (χ1) is 11.2. The first kappa shape index (κ1) is 18.1. The van der Waals surface area contributed by atoms with Gasteiger partial charge in [0.15, 0.2) is 0 Å². The van der Waals surface area contributed by atoms with Crippen LogP contribution in [0.15, 0.2) is 23.8 Å². The van der Waals surface area contributed by atoms with Crippen molar-refractivity contribution in [2.75, 3.05) is 6.61 Å². The summed E-state index contributed by atoms with van der Waals surface area (Å²) >= 11 is 0. The predicted molar refractivity (Wildman–Crippen MR) is 97.1 cm³/mol. The molecule has 2 rings (SSSR count). The van der Waals surface area contributed by atoms with Crippen molar-refractivity contribution >= 4 is 0 Å². The number of hydrogen-bond acceptors (Lipinski definition) is 2. The molecule has 2 nitrogen and oxygen atoms in total. The summed E-state index contributed by atoms with van der Waals surface area (Å²) in [4.78, 5) is 0. The van der Waals surface area contributed by atoms with Gasteiger partial charge in [0.05, 0.1) is 6.61 Å². The molecule has 1 atom stereocenters. The molecular formula is C21H32O2. The Morgan fingerprint density at radius 3 is 2.61 bits per heavy atom. The average Bonchev–Trinajstić information content (AvgIpc) is 2.54. The monoisotopic (exact) mass is 316 g/mol. The van der Waals surface area contributed by atoms with Crippen LogP contribution in [-0.4, -0.2) is 16.8 Å². The SMILES string of the molecule is CCCCCCCc1cc(C)c(C2C=C(CO)CCC2)c(O)c1. The minimum Gasteiger partial charge on any atom is -0.508 e. The van der Waals surface area contributed by atoms with Gasteiger partial charge in [-0.25, -0.2) is 0 Å². The van der Waals surface area contributed by atoms with Crippen LogP contribution in [0, 0.1) is 6.92 Å². The molecule has 1 aliphatic rings. The number of unbranched alkanes of at least 4 members (excludes halogenated alkanes) is 4. The molecule has 0 aliphatic heterocycles. The number of phenolic OH excluding ortho intramolecular Hbond substituents is 1. The Morgan fingerprint density at radius 2 is 1.91 bits per heavy atom. The molecule has 0 aromatic heterocycles. The summed E-state index contributed by atoms with van der Waals surface area (Å²) in [6.45, 7) is 4.49.